The summed E-state index contributed by atoms with van der Waals surface area (Å²) in [6.45, 7) is 2.08. The zero-order valence-corrected chi connectivity index (χ0v) is 9.65. The largest absolute Gasteiger partial charge is 0.368 e. The highest BCUT2D eigenvalue weighted by Gasteiger charge is 2.04. The quantitative estimate of drug-likeness (QED) is 0.883. The standard InChI is InChI=1S/C13H14FN3/c1-2-3-11-8-12(17-13(15)16-11)9-4-6-10(14)7-5-9/h4-8H,2-3H2,1H3,(H2,15,16,17). The Kier molecular flexibility index (Phi) is 3.32. The molecule has 0 aliphatic heterocycles. The number of halogens is 1. The van der Waals surface area contributed by atoms with Gasteiger partial charge in [0.15, 0.2) is 0 Å². The fraction of sp³-hybridized carbons (Fsp3) is 0.231. The van der Waals surface area contributed by atoms with Crippen molar-refractivity contribution < 1.29 is 4.39 Å². The van der Waals surface area contributed by atoms with Crippen molar-refractivity contribution in [2.75, 3.05) is 5.73 Å². The van der Waals surface area contributed by atoms with E-state index in [1.807, 2.05) is 6.07 Å². The lowest BCUT2D eigenvalue weighted by molar-refractivity contribution is 0.628. The number of nitrogens with zero attached hydrogens (tertiary/aromatic N) is 2. The fourth-order valence-electron chi connectivity index (χ4n) is 1.67. The van der Waals surface area contributed by atoms with E-state index in [1.165, 1.54) is 12.1 Å². The van der Waals surface area contributed by atoms with E-state index in [0.29, 0.717) is 0 Å². The van der Waals surface area contributed by atoms with Crippen LogP contribution < -0.4 is 5.73 Å². The zero-order chi connectivity index (χ0) is 12.3. The number of aromatic nitrogens is 2. The first-order valence-electron chi connectivity index (χ1n) is 5.58. The summed E-state index contributed by atoms with van der Waals surface area (Å²) in [4.78, 5) is 8.32. The molecule has 4 heteroatoms. The summed E-state index contributed by atoms with van der Waals surface area (Å²) in [6, 6.07) is 8.09. The molecule has 0 amide bonds. The third-order valence-corrected chi connectivity index (χ3v) is 2.44. The van der Waals surface area contributed by atoms with Crippen molar-refractivity contribution in [1.29, 1.82) is 0 Å². The van der Waals surface area contributed by atoms with Gasteiger partial charge in [0.2, 0.25) is 5.95 Å². The Bertz CT molecular complexity index is 509. The Balaban J connectivity index is 2.40. The van der Waals surface area contributed by atoms with E-state index in [9.17, 15) is 4.39 Å². The Labute approximate surface area is 99.5 Å². The first kappa shape index (κ1) is 11.5. The average Bonchev–Trinajstić information content (AvgIpc) is 2.29. The third kappa shape index (κ3) is 2.78. The zero-order valence-electron chi connectivity index (χ0n) is 9.65. The van der Waals surface area contributed by atoms with Crippen LogP contribution in [0.1, 0.15) is 19.0 Å². The highest BCUT2D eigenvalue weighted by molar-refractivity contribution is 5.60. The first-order valence-corrected chi connectivity index (χ1v) is 5.58. The summed E-state index contributed by atoms with van der Waals surface area (Å²) < 4.78 is 12.8. The van der Waals surface area contributed by atoms with Crippen LogP contribution in [0.5, 0.6) is 0 Å². The molecule has 2 N–H and O–H groups in total. The van der Waals surface area contributed by atoms with Crippen LogP contribution in [0.3, 0.4) is 0 Å². The Morgan fingerprint density at radius 3 is 2.53 bits per heavy atom. The molecule has 17 heavy (non-hydrogen) atoms. The van der Waals surface area contributed by atoms with Crippen molar-refractivity contribution in [1.82, 2.24) is 9.97 Å². The molecule has 0 aliphatic carbocycles. The Morgan fingerprint density at radius 1 is 1.18 bits per heavy atom. The minimum absolute atomic E-state index is 0.260. The van der Waals surface area contributed by atoms with Gasteiger partial charge in [-0.3, -0.25) is 0 Å². The van der Waals surface area contributed by atoms with Gasteiger partial charge in [-0.05, 0) is 36.8 Å². The van der Waals surface area contributed by atoms with Crippen molar-refractivity contribution in [3.8, 4) is 11.3 Å². The summed E-state index contributed by atoms with van der Waals surface area (Å²) in [6.07, 6.45) is 1.86. The van der Waals surface area contributed by atoms with Gasteiger partial charge in [0, 0.05) is 11.3 Å². The van der Waals surface area contributed by atoms with Crippen molar-refractivity contribution >= 4 is 5.95 Å². The van der Waals surface area contributed by atoms with Crippen LogP contribution in [0.25, 0.3) is 11.3 Å². The molecule has 3 nitrogen and oxygen atoms in total. The van der Waals surface area contributed by atoms with Crippen LogP contribution in [0.15, 0.2) is 30.3 Å². The minimum atomic E-state index is -0.260. The Morgan fingerprint density at radius 2 is 1.88 bits per heavy atom. The smallest absolute Gasteiger partial charge is 0.220 e. The van der Waals surface area contributed by atoms with Crippen LogP contribution in [0, 0.1) is 5.82 Å². The highest BCUT2D eigenvalue weighted by Crippen LogP contribution is 2.19. The number of benzene rings is 1. The lowest BCUT2D eigenvalue weighted by Gasteiger charge is -2.05. The monoisotopic (exact) mass is 231 g/mol. The molecule has 0 aliphatic rings. The molecule has 0 saturated heterocycles. The molecule has 0 radical (unpaired) electrons. The number of nitrogen functional groups attached to an aromatic ring is 1. The topological polar surface area (TPSA) is 51.8 Å². The molecular weight excluding hydrogens is 217 g/mol. The molecule has 2 aromatic rings. The van der Waals surface area contributed by atoms with Gasteiger partial charge < -0.3 is 5.73 Å². The summed E-state index contributed by atoms with van der Waals surface area (Å²) in [5.41, 5.74) is 8.16. The van der Waals surface area contributed by atoms with Crippen molar-refractivity contribution in [2.45, 2.75) is 19.8 Å². The minimum Gasteiger partial charge on any atom is -0.368 e. The van der Waals surface area contributed by atoms with E-state index < -0.39 is 0 Å². The summed E-state index contributed by atoms with van der Waals surface area (Å²) in [7, 11) is 0. The van der Waals surface area contributed by atoms with Crippen LogP contribution in [-0.2, 0) is 6.42 Å². The van der Waals surface area contributed by atoms with Crippen LogP contribution in [0.2, 0.25) is 0 Å². The van der Waals surface area contributed by atoms with E-state index in [-0.39, 0.29) is 11.8 Å². The van der Waals surface area contributed by atoms with Gasteiger partial charge in [0.1, 0.15) is 5.82 Å². The molecule has 2 rings (SSSR count). The maximum atomic E-state index is 12.8. The Hall–Kier alpha value is -1.97. The van der Waals surface area contributed by atoms with E-state index in [0.717, 1.165) is 29.8 Å². The molecule has 88 valence electrons. The molecule has 0 bridgehead atoms. The van der Waals surface area contributed by atoms with Crippen LogP contribution in [0.4, 0.5) is 10.3 Å². The van der Waals surface area contributed by atoms with Crippen LogP contribution in [-0.4, -0.2) is 9.97 Å². The van der Waals surface area contributed by atoms with Crippen molar-refractivity contribution in [2.24, 2.45) is 0 Å². The first-order chi connectivity index (χ1) is 8.19. The second-order valence-corrected chi connectivity index (χ2v) is 3.86. The van der Waals surface area contributed by atoms with Crippen LogP contribution >= 0.6 is 0 Å². The van der Waals surface area contributed by atoms with Gasteiger partial charge in [-0.15, -0.1) is 0 Å². The van der Waals surface area contributed by atoms with E-state index in [2.05, 4.69) is 16.9 Å². The molecule has 1 aromatic carbocycles. The SMILES string of the molecule is CCCc1cc(-c2ccc(F)cc2)nc(N)n1. The summed E-state index contributed by atoms with van der Waals surface area (Å²) >= 11 is 0. The molecule has 1 aromatic heterocycles. The lowest BCUT2D eigenvalue weighted by Crippen LogP contribution is -2.00. The normalized spacial score (nSPS) is 10.5. The van der Waals surface area contributed by atoms with Crippen molar-refractivity contribution in [3.63, 3.8) is 0 Å². The second-order valence-electron chi connectivity index (χ2n) is 3.86. The summed E-state index contributed by atoms with van der Waals surface area (Å²) in [5, 5.41) is 0. The molecule has 1 heterocycles. The van der Waals surface area contributed by atoms with Gasteiger partial charge in [0.25, 0.3) is 0 Å². The molecule has 0 atom stereocenters. The van der Waals surface area contributed by atoms with E-state index in [1.54, 1.807) is 12.1 Å². The van der Waals surface area contributed by atoms with Gasteiger partial charge in [-0.2, -0.15) is 0 Å². The second kappa shape index (κ2) is 4.91. The summed E-state index contributed by atoms with van der Waals surface area (Å²) in [5.74, 6) is -0.000153. The lowest BCUT2D eigenvalue weighted by atomic mass is 10.1. The predicted molar refractivity (Wildman–Crippen MR) is 65.8 cm³/mol. The number of nitrogens with two attached hydrogens (primary N) is 1. The van der Waals surface area contributed by atoms with Gasteiger partial charge >= 0.3 is 0 Å². The van der Waals surface area contributed by atoms with Gasteiger partial charge in [-0.1, -0.05) is 13.3 Å². The molecule has 0 fully saturated rings. The van der Waals surface area contributed by atoms with E-state index in [4.69, 9.17) is 5.73 Å². The third-order valence-electron chi connectivity index (χ3n) is 2.44. The molecule has 0 spiro atoms. The highest BCUT2D eigenvalue weighted by atomic mass is 19.1. The van der Waals surface area contributed by atoms with Crippen molar-refractivity contribution in [3.05, 3.63) is 41.8 Å². The number of aryl methyl sites for hydroxylation is 1. The number of hydrogen-bond acceptors (Lipinski definition) is 3. The van der Waals surface area contributed by atoms with Gasteiger partial charge in [-0.25, -0.2) is 14.4 Å². The predicted octanol–water partition coefficient (Wildman–Crippen LogP) is 2.82. The maximum absolute atomic E-state index is 12.8. The number of rotatable bonds is 3. The van der Waals surface area contributed by atoms with E-state index >= 15 is 0 Å². The molecule has 0 unspecified atom stereocenters. The number of anilines is 1. The number of hydrogen-bond donors (Lipinski definition) is 1. The average molecular weight is 231 g/mol. The fourth-order valence-corrected chi connectivity index (χ4v) is 1.67. The molecule has 0 saturated carbocycles. The maximum Gasteiger partial charge on any atom is 0.220 e. The van der Waals surface area contributed by atoms with Gasteiger partial charge in [0.05, 0.1) is 5.69 Å². The molecular formula is C13H14FN3.